The number of imidazole rings is 4. The van der Waals surface area contributed by atoms with Gasteiger partial charge in [0, 0.05) is 98.4 Å². The van der Waals surface area contributed by atoms with Crippen molar-refractivity contribution in [2.45, 2.75) is 51.4 Å². The molecule has 0 aliphatic rings. The molecule has 656 valence electrons. The predicted octanol–water partition coefficient (Wildman–Crippen LogP) is 20.6. The summed E-state index contributed by atoms with van der Waals surface area (Å²) in [7, 11) is 8.21. The zero-order valence-corrected chi connectivity index (χ0v) is 73.2. The standard InChI is InChI=1S/C28H25N3O3.2C27H23N3O3.C27H23N3O2/c1-33-22-12-8-20(9-13-22)17-25-28(32)31-18-26(21-10-14-23(34-2)15-11-21)29-24(27(31)30-25)16-19-6-4-3-5-7-19;1-33-22-13-7-19(8-14-22)16-24-27(32)30-17-25(20-9-11-21(31)12-10-20)28-23(26(30)29-24)15-18-5-3-2-4-6-18;1-33-22-13-9-20(10-14-22)25-17-30-26(23(28-25)15-18-5-3-2-4-6-18)29-24(27(30)32)16-19-7-11-21(31)12-8-19;1-32-22-14-12-21(13-15-22)25-18-30-26(23(28-25)16-19-8-4-2-5-9-19)29-24(27(30)31)17-20-10-6-3-7-11-20/h3-15,18,32H,16-17H2,1-2H3;2*2-14,17,31-32H,15-16H2,1H3;2-15,18,31H,16-17H2,1H3. The number of ether oxygens (including phenoxy) is 5. The molecule has 20 aromatic rings. The van der Waals surface area contributed by atoms with Crippen LogP contribution in [0.25, 0.3) is 67.6 Å². The lowest BCUT2D eigenvalue weighted by molar-refractivity contribution is 0.414. The van der Waals surface area contributed by atoms with E-state index in [-0.39, 0.29) is 35.0 Å². The van der Waals surface area contributed by atoms with Crippen molar-refractivity contribution in [2.75, 3.05) is 35.5 Å². The second-order valence-corrected chi connectivity index (χ2v) is 31.5. The molecular formula is C109H94N12O11. The molecule has 0 saturated heterocycles. The maximum Gasteiger partial charge on any atom is 0.219 e. The molecule has 12 aromatic carbocycles. The van der Waals surface area contributed by atoms with Gasteiger partial charge in [0.1, 0.15) is 63.0 Å². The fourth-order valence-corrected chi connectivity index (χ4v) is 15.6. The van der Waals surface area contributed by atoms with Crippen molar-refractivity contribution in [1.29, 1.82) is 0 Å². The molecule has 0 spiro atoms. The van der Waals surface area contributed by atoms with Crippen LogP contribution in [0, 0.1) is 0 Å². The van der Waals surface area contributed by atoms with Crippen LogP contribution in [0.1, 0.15) is 90.1 Å². The number of aromatic nitrogens is 12. The van der Waals surface area contributed by atoms with E-state index in [1.54, 1.807) is 83.6 Å². The van der Waals surface area contributed by atoms with Crippen LogP contribution in [0.5, 0.6) is 63.8 Å². The molecular weight excluding hydrogens is 1650 g/mol. The first kappa shape index (κ1) is 87.0. The molecule has 0 aliphatic heterocycles. The van der Waals surface area contributed by atoms with Gasteiger partial charge in [-0.25, -0.2) is 39.9 Å². The van der Waals surface area contributed by atoms with Gasteiger partial charge in [-0.1, -0.05) is 188 Å². The highest BCUT2D eigenvalue weighted by atomic mass is 16.5. The zero-order chi connectivity index (χ0) is 91.0. The number of phenols is 2. The Kier molecular flexibility index (Phi) is 26.5. The summed E-state index contributed by atoms with van der Waals surface area (Å²) in [5.74, 6) is 4.76. The van der Waals surface area contributed by atoms with Crippen molar-refractivity contribution in [3.8, 4) is 109 Å². The van der Waals surface area contributed by atoms with Gasteiger partial charge in [0.25, 0.3) is 0 Å². The fourth-order valence-electron chi connectivity index (χ4n) is 15.6. The summed E-state index contributed by atoms with van der Waals surface area (Å²) in [6.07, 6.45) is 11.7. The molecule has 23 heteroatoms. The average molecular weight is 1750 g/mol. The van der Waals surface area contributed by atoms with Crippen LogP contribution in [-0.2, 0) is 51.4 Å². The quantitative estimate of drug-likeness (QED) is 0.0310. The molecule has 0 radical (unpaired) electrons. The lowest BCUT2D eigenvalue weighted by Gasteiger charge is -2.09. The fraction of sp³-hybridized carbons (Fsp3) is 0.119. The molecule has 0 fully saturated rings. The van der Waals surface area contributed by atoms with Crippen LogP contribution in [0.4, 0.5) is 0 Å². The number of fused-ring (bicyclic) bond motifs is 4. The molecule has 0 atom stereocenters. The minimum atomic E-state index is 0.0875. The number of hydrogen-bond donors (Lipinski definition) is 6. The summed E-state index contributed by atoms with van der Waals surface area (Å²) in [4.78, 5) is 38.9. The first-order valence-electron chi connectivity index (χ1n) is 42.9. The minimum Gasteiger partial charge on any atom is -0.508 e. The van der Waals surface area contributed by atoms with Crippen molar-refractivity contribution in [3.05, 3.63) is 436 Å². The van der Waals surface area contributed by atoms with Crippen molar-refractivity contribution in [1.82, 2.24) is 57.5 Å². The van der Waals surface area contributed by atoms with Gasteiger partial charge >= 0.3 is 0 Å². The first-order valence-corrected chi connectivity index (χ1v) is 42.9. The summed E-state index contributed by atoms with van der Waals surface area (Å²) >= 11 is 0. The van der Waals surface area contributed by atoms with Crippen molar-refractivity contribution < 1.29 is 54.3 Å². The average Bonchev–Trinajstić information content (AvgIpc) is 1.64. The Balaban J connectivity index is 0.000000123. The second kappa shape index (κ2) is 40.3. The molecule has 8 aromatic heterocycles. The molecule has 132 heavy (non-hydrogen) atoms. The molecule has 6 N–H and O–H groups in total. The third-order valence-corrected chi connectivity index (χ3v) is 22.6. The normalized spacial score (nSPS) is 11.0. The van der Waals surface area contributed by atoms with Crippen molar-refractivity contribution in [3.63, 3.8) is 0 Å². The van der Waals surface area contributed by atoms with Crippen LogP contribution in [-0.4, -0.2) is 124 Å². The molecule has 0 aliphatic carbocycles. The van der Waals surface area contributed by atoms with Gasteiger partial charge in [-0.05, 0) is 178 Å². The molecule has 0 unspecified atom stereocenters. The van der Waals surface area contributed by atoms with E-state index in [1.165, 1.54) is 0 Å². The smallest absolute Gasteiger partial charge is 0.219 e. The first-order chi connectivity index (χ1) is 64.6. The molecule has 20 rings (SSSR count). The zero-order valence-electron chi connectivity index (χ0n) is 73.2. The molecule has 0 saturated carbocycles. The molecule has 0 bridgehead atoms. The van der Waals surface area contributed by atoms with E-state index in [4.69, 9.17) is 63.6 Å². The highest BCUT2D eigenvalue weighted by molar-refractivity contribution is 5.69. The number of methoxy groups -OCH3 is 5. The summed E-state index contributed by atoms with van der Waals surface area (Å²) in [6, 6.07) is 103. The lowest BCUT2D eigenvalue weighted by Crippen LogP contribution is -2.01. The molecule has 23 nitrogen and oxygen atoms in total. The summed E-state index contributed by atoms with van der Waals surface area (Å²) in [5.41, 5.74) is 23.3. The van der Waals surface area contributed by atoms with E-state index in [1.807, 2.05) is 279 Å². The lowest BCUT2D eigenvalue weighted by atomic mass is 10.1. The maximum atomic E-state index is 11.1. The van der Waals surface area contributed by atoms with Crippen LogP contribution >= 0.6 is 0 Å². The molecule has 0 amide bonds. The Morgan fingerprint density at radius 2 is 0.356 bits per heavy atom. The topological polar surface area (TPSA) is 288 Å². The highest BCUT2D eigenvalue weighted by Crippen LogP contribution is 2.36. The van der Waals surface area contributed by atoms with Gasteiger partial charge in [0.05, 0.1) is 81.1 Å². The maximum absolute atomic E-state index is 11.1. The summed E-state index contributed by atoms with van der Waals surface area (Å²) in [6.45, 7) is 0. The van der Waals surface area contributed by atoms with Crippen LogP contribution in [0.3, 0.4) is 0 Å². The molecule has 8 heterocycles. The van der Waals surface area contributed by atoms with Crippen molar-refractivity contribution in [2.24, 2.45) is 0 Å². The summed E-state index contributed by atoms with van der Waals surface area (Å²) in [5, 5.41) is 63.5. The Morgan fingerprint density at radius 3 is 0.561 bits per heavy atom. The Labute approximate surface area is 762 Å². The van der Waals surface area contributed by atoms with Gasteiger partial charge < -0.3 is 54.3 Å². The van der Waals surface area contributed by atoms with E-state index in [0.717, 1.165) is 135 Å². The van der Waals surface area contributed by atoms with E-state index in [2.05, 4.69) is 36.4 Å². The van der Waals surface area contributed by atoms with Gasteiger partial charge in [-0.3, -0.25) is 17.6 Å². The van der Waals surface area contributed by atoms with Crippen LogP contribution in [0.15, 0.2) is 346 Å². The van der Waals surface area contributed by atoms with Crippen LogP contribution < -0.4 is 23.7 Å². The highest BCUT2D eigenvalue weighted by Gasteiger charge is 2.25. The summed E-state index contributed by atoms with van der Waals surface area (Å²) < 4.78 is 33.2. The monoisotopic (exact) mass is 1750 g/mol. The van der Waals surface area contributed by atoms with Gasteiger partial charge in [0.2, 0.25) is 23.5 Å². The minimum absolute atomic E-state index is 0.0875. The third-order valence-electron chi connectivity index (χ3n) is 22.6. The van der Waals surface area contributed by atoms with E-state index < -0.39 is 0 Å². The van der Waals surface area contributed by atoms with E-state index in [0.29, 0.717) is 102 Å². The van der Waals surface area contributed by atoms with Gasteiger partial charge in [-0.15, -0.1) is 0 Å². The Morgan fingerprint density at radius 1 is 0.189 bits per heavy atom. The van der Waals surface area contributed by atoms with E-state index in [9.17, 15) is 30.6 Å². The van der Waals surface area contributed by atoms with Gasteiger partial charge in [0.15, 0.2) is 22.6 Å². The number of benzene rings is 12. The number of rotatable bonds is 25. The largest absolute Gasteiger partial charge is 0.508 e. The van der Waals surface area contributed by atoms with Gasteiger partial charge in [-0.2, -0.15) is 0 Å². The number of hydrogen-bond acceptors (Lipinski definition) is 19. The number of nitrogens with zero attached hydrogens (tertiary/aromatic N) is 12. The predicted molar refractivity (Wildman–Crippen MR) is 510 cm³/mol. The second-order valence-electron chi connectivity index (χ2n) is 31.5. The van der Waals surface area contributed by atoms with Crippen LogP contribution in [0.2, 0.25) is 0 Å². The Hall–Kier alpha value is -17.1. The van der Waals surface area contributed by atoms with Crippen molar-refractivity contribution >= 4 is 22.6 Å². The number of phenolic OH excluding ortho intramolecular Hbond substituents is 2. The SMILES string of the molecule is COc1ccc(-c2cn3c(O)c(Cc4ccc(O)cc4)nc3c(Cc3ccccc3)n2)cc1.COc1ccc(-c2cn3c(O)c(Cc4ccccc4)nc3c(Cc3ccccc3)n2)cc1.COc1ccc(Cc2nc3c(Cc4ccccc4)nc(-c4ccc(O)cc4)cn3c2O)cc1.COc1ccc(Cc2nc3c(Cc4ccccc4)nc(-c4ccc(OC)cc4)cn3c2O)cc1. The third kappa shape index (κ3) is 20.5. The number of aromatic hydroxyl groups is 6. The Bertz CT molecular complexity index is 7300. The van der Waals surface area contributed by atoms with E-state index >= 15 is 0 Å².